The lowest BCUT2D eigenvalue weighted by molar-refractivity contribution is 0.290. The molecular formula is C15H19N3O2. The summed E-state index contributed by atoms with van der Waals surface area (Å²) in [4.78, 5) is 4.39. The summed E-state index contributed by atoms with van der Waals surface area (Å²) in [5, 5.41) is 3.20. The van der Waals surface area contributed by atoms with Crippen molar-refractivity contribution in [2.24, 2.45) is 5.92 Å². The Morgan fingerprint density at radius 3 is 2.90 bits per heavy atom. The third-order valence-corrected chi connectivity index (χ3v) is 3.28. The molecule has 5 heteroatoms. The number of aromatic nitrogens is 1. The molecule has 106 valence electrons. The van der Waals surface area contributed by atoms with Crippen LogP contribution in [0.25, 0.3) is 0 Å². The summed E-state index contributed by atoms with van der Waals surface area (Å²) in [6.07, 6.45) is 2.49. The number of pyridine rings is 1. The topological polar surface area (TPSA) is 73.3 Å². The molecule has 3 rings (SSSR count). The highest BCUT2D eigenvalue weighted by Gasteiger charge is 2.22. The van der Waals surface area contributed by atoms with Crippen LogP contribution in [0.5, 0.6) is 5.88 Å². The minimum Gasteiger partial charge on any atom is -0.476 e. The van der Waals surface area contributed by atoms with Gasteiger partial charge in [0.15, 0.2) is 0 Å². The minimum atomic E-state index is 0.512. The number of hydrogen-bond donors (Lipinski definition) is 2. The van der Waals surface area contributed by atoms with Gasteiger partial charge in [0.05, 0.1) is 18.8 Å². The minimum absolute atomic E-state index is 0.512. The number of anilines is 2. The predicted octanol–water partition coefficient (Wildman–Crippen LogP) is 2.97. The highest BCUT2D eigenvalue weighted by Crippen LogP contribution is 2.30. The first kappa shape index (κ1) is 12.8. The Morgan fingerprint density at radius 2 is 2.20 bits per heavy atom. The molecule has 0 spiro atoms. The van der Waals surface area contributed by atoms with Crippen molar-refractivity contribution < 1.29 is 9.15 Å². The lowest BCUT2D eigenvalue weighted by Gasteiger charge is -2.10. The van der Waals surface area contributed by atoms with E-state index in [1.165, 1.54) is 12.8 Å². The van der Waals surface area contributed by atoms with Crippen molar-refractivity contribution in [2.75, 3.05) is 17.7 Å². The number of nitrogens with two attached hydrogens (primary N) is 1. The van der Waals surface area contributed by atoms with Gasteiger partial charge in [0.25, 0.3) is 0 Å². The van der Waals surface area contributed by atoms with Crippen LogP contribution in [0.2, 0.25) is 0 Å². The number of rotatable bonds is 6. The second kappa shape index (κ2) is 5.45. The Hall–Kier alpha value is -2.17. The molecule has 0 bridgehead atoms. The summed E-state index contributed by atoms with van der Waals surface area (Å²) in [7, 11) is 0. The number of nitrogens with one attached hydrogen (secondary N) is 1. The van der Waals surface area contributed by atoms with E-state index < -0.39 is 0 Å². The van der Waals surface area contributed by atoms with E-state index in [0.717, 1.165) is 17.3 Å². The fourth-order valence-corrected chi connectivity index (χ4v) is 1.90. The maximum Gasteiger partial charge on any atom is 0.239 e. The largest absolute Gasteiger partial charge is 0.476 e. The summed E-state index contributed by atoms with van der Waals surface area (Å²) >= 11 is 0. The average Bonchev–Trinajstić information content (AvgIpc) is 3.18. The molecule has 1 fully saturated rings. The molecular weight excluding hydrogens is 254 g/mol. The van der Waals surface area contributed by atoms with Crippen molar-refractivity contribution in [3.8, 4) is 5.88 Å². The van der Waals surface area contributed by atoms with Crippen molar-refractivity contribution in [3.63, 3.8) is 0 Å². The summed E-state index contributed by atoms with van der Waals surface area (Å²) in [6, 6.07) is 7.54. The van der Waals surface area contributed by atoms with Gasteiger partial charge in [-0.2, -0.15) is 4.98 Å². The molecule has 5 nitrogen and oxygen atoms in total. The van der Waals surface area contributed by atoms with Crippen LogP contribution in [0.4, 0.5) is 11.5 Å². The van der Waals surface area contributed by atoms with Gasteiger partial charge in [0.2, 0.25) is 5.88 Å². The molecule has 0 saturated heterocycles. The highest BCUT2D eigenvalue weighted by molar-refractivity contribution is 5.53. The van der Waals surface area contributed by atoms with E-state index in [4.69, 9.17) is 14.9 Å². The van der Waals surface area contributed by atoms with Crippen LogP contribution in [0.3, 0.4) is 0 Å². The lowest BCUT2D eigenvalue weighted by atomic mass is 10.3. The lowest BCUT2D eigenvalue weighted by Crippen LogP contribution is -2.06. The van der Waals surface area contributed by atoms with Crippen LogP contribution in [0.1, 0.15) is 24.4 Å². The molecule has 0 unspecified atom stereocenters. The van der Waals surface area contributed by atoms with E-state index in [1.807, 2.05) is 31.2 Å². The van der Waals surface area contributed by atoms with E-state index in [-0.39, 0.29) is 0 Å². The van der Waals surface area contributed by atoms with Crippen molar-refractivity contribution >= 4 is 11.5 Å². The number of aryl methyl sites for hydroxylation is 1. The van der Waals surface area contributed by atoms with Gasteiger partial charge < -0.3 is 20.2 Å². The second-order valence-electron chi connectivity index (χ2n) is 5.21. The molecule has 1 aliphatic rings. The van der Waals surface area contributed by atoms with E-state index in [0.29, 0.717) is 30.6 Å². The zero-order chi connectivity index (χ0) is 13.9. The van der Waals surface area contributed by atoms with Crippen LogP contribution < -0.4 is 15.8 Å². The third kappa shape index (κ3) is 3.23. The maximum absolute atomic E-state index is 5.87. The van der Waals surface area contributed by atoms with Gasteiger partial charge in [-0.15, -0.1) is 0 Å². The molecule has 2 heterocycles. The van der Waals surface area contributed by atoms with Gasteiger partial charge in [-0.3, -0.25) is 0 Å². The third-order valence-electron chi connectivity index (χ3n) is 3.28. The van der Waals surface area contributed by atoms with Crippen LogP contribution >= 0.6 is 0 Å². The van der Waals surface area contributed by atoms with Gasteiger partial charge in [0.1, 0.15) is 17.3 Å². The molecule has 0 radical (unpaired) electrons. The van der Waals surface area contributed by atoms with Crippen LogP contribution in [-0.2, 0) is 6.54 Å². The van der Waals surface area contributed by atoms with Crippen LogP contribution in [0, 0.1) is 12.8 Å². The number of hydrogen-bond acceptors (Lipinski definition) is 5. The molecule has 1 saturated carbocycles. The predicted molar refractivity (Wildman–Crippen MR) is 77.6 cm³/mol. The smallest absolute Gasteiger partial charge is 0.239 e. The number of nitrogen functional groups attached to an aromatic ring is 1. The second-order valence-corrected chi connectivity index (χ2v) is 5.21. The fourth-order valence-electron chi connectivity index (χ4n) is 1.90. The Morgan fingerprint density at radius 1 is 1.35 bits per heavy atom. The quantitative estimate of drug-likeness (QED) is 0.846. The van der Waals surface area contributed by atoms with Crippen molar-refractivity contribution in [2.45, 2.75) is 26.3 Å². The average molecular weight is 273 g/mol. The molecule has 0 aliphatic heterocycles. The molecule has 0 amide bonds. The zero-order valence-corrected chi connectivity index (χ0v) is 11.6. The first-order valence-electron chi connectivity index (χ1n) is 6.89. The Bertz CT molecular complexity index is 591. The Balaban J connectivity index is 1.61. The van der Waals surface area contributed by atoms with Crippen LogP contribution in [0.15, 0.2) is 28.7 Å². The standard InChI is InChI=1S/C15H19N3O2/c1-10-2-5-12(20-10)8-17-14-7-6-13(16)15(18-14)19-9-11-3-4-11/h2,5-7,11H,3-4,8-9,16H2,1H3,(H,17,18). The first-order chi connectivity index (χ1) is 9.70. The first-order valence-corrected chi connectivity index (χ1v) is 6.89. The van der Waals surface area contributed by atoms with Gasteiger partial charge in [-0.25, -0.2) is 0 Å². The van der Waals surface area contributed by atoms with E-state index in [1.54, 1.807) is 0 Å². The molecule has 3 N–H and O–H groups in total. The van der Waals surface area contributed by atoms with Crippen molar-refractivity contribution in [1.29, 1.82) is 0 Å². The molecule has 0 aromatic carbocycles. The van der Waals surface area contributed by atoms with Gasteiger partial charge in [0, 0.05) is 0 Å². The number of nitrogens with zero attached hydrogens (tertiary/aromatic N) is 1. The SMILES string of the molecule is Cc1ccc(CNc2ccc(N)c(OCC3CC3)n2)o1. The molecule has 2 aromatic heterocycles. The molecule has 0 atom stereocenters. The highest BCUT2D eigenvalue weighted by atomic mass is 16.5. The van der Waals surface area contributed by atoms with Gasteiger partial charge in [-0.05, 0) is 49.9 Å². The molecule has 20 heavy (non-hydrogen) atoms. The summed E-state index contributed by atoms with van der Waals surface area (Å²) in [5.74, 6) is 3.71. The number of furan rings is 1. The van der Waals surface area contributed by atoms with Crippen LogP contribution in [-0.4, -0.2) is 11.6 Å². The summed E-state index contributed by atoms with van der Waals surface area (Å²) in [6.45, 7) is 3.22. The maximum atomic E-state index is 5.87. The van der Waals surface area contributed by atoms with E-state index in [9.17, 15) is 0 Å². The zero-order valence-electron chi connectivity index (χ0n) is 11.6. The summed E-state index contributed by atoms with van der Waals surface area (Å²) < 4.78 is 11.2. The van der Waals surface area contributed by atoms with Gasteiger partial charge in [-0.1, -0.05) is 0 Å². The Kier molecular flexibility index (Phi) is 3.50. The number of ether oxygens (including phenoxy) is 1. The fraction of sp³-hybridized carbons (Fsp3) is 0.400. The van der Waals surface area contributed by atoms with E-state index in [2.05, 4.69) is 10.3 Å². The normalized spacial score (nSPS) is 14.2. The van der Waals surface area contributed by atoms with Gasteiger partial charge >= 0.3 is 0 Å². The van der Waals surface area contributed by atoms with Crippen molar-refractivity contribution in [3.05, 3.63) is 35.8 Å². The molecule has 1 aliphatic carbocycles. The summed E-state index contributed by atoms with van der Waals surface area (Å²) in [5.41, 5.74) is 6.45. The van der Waals surface area contributed by atoms with E-state index >= 15 is 0 Å². The Labute approximate surface area is 118 Å². The van der Waals surface area contributed by atoms with Crippen molar-refractivity contribution in [1.82, 2.24) is 4.98 Å². The monoisotopic (exact) mass is 273 g/mol. The molecule has 2 aromatic rings.